The zero-order valence-corrected chi connectivity index (χ0v) is 10.3. The Morgan fingerprint density at radius 3 is 2.74 bits per heavy atom. The minimum atomic E-state index is -4.43. The summed E-state index contributed by atoms with van der Waals surface area (Å²) < 4.78 is 29.1. The van der Waals surface area contributed by atoms with Crippen molar-refractivity contribution in [2.75, 3.05) is 0 Å². The lowest BCUT2D eigenvalue weighted by atomic mass is 10.3. The van der Waals surface area contributed by atoms with Gasteiger partial charge in [-0.05, 0) is 30.3 Å². The highest BCUT2D eigenvalue weighted by Gasteiger charge is 2.23. The molecular weight excluding hydrogens is 274 g/mol. The zero-order chi connectivity index (χ0) is 13.6. The first-order chi connectivity index (χ1) is 8.93. The summed E-state index contributed by atoms with van der Waals surface area (Å²) in [5, 5.41) is 0. The molecule has 0 fully saturated rings. The molecule has 0 saturated heterocycles. The van der Waals surface area contributed by atoms with Crippen molar-refractivity contribution < 1.29 is 23.2 Å². The molecule has 0 atom stereocenters. The molecule has 0 aliphatic heterocycles. The van der Waals surface area contributed by atoms with Gasteiger partial charge >= 0.3 is 7.60 Å². The smallest absolute Gasteiger partial charge is 0.391 e. The molecule has 3 aromatic rings. The van der Waals surface area contributed by atoms with Crippen LogP contribution in [0.4, 0.5) is 4.39 Å². The molecular formula is C11H8FN2O4P. The number of nitrogens with one attached hydrogen (secondary N) is 1. The molecule has 0 radical (unpaired) electrons. The van der Waals surface area contributed by atoms with Crippen LogP contribution in [0.1, 0.15) is 0 Å². The van der Waals surface area contributed by atoms with Crippen LogP contribution >= 0.6 is 7.60 Å². The minimum Gasteiger partial charge on any atom is -0.445 e. The van der Waals surface area contributed by atoms with E-state index in [1.807, 2.05) is 0 Å². The second-order valence-corrected chi connectivity index (χ2v) is 5.46. The number of benzene rings is 1. The van der Waals surface area contributed by atoms with Gasteiger partial charge in [-0.15, -0.1) is 0 Å². The standard InChI is InChI=1S/C11H8FN2O4P/c12-6-1-2-7-8(5-6)14-11(13-7)9-3-4-10(18-9)19(15,16)17/h1-5H,(H,13,14)(H2,15,16,17). The Bertz CT molecular complexity index is 804. The van der Waals surface area contributed by atoms with Crippen LogP contribution in [0.15, 0.2) is 34.7 Å². The Hall–Kier alpha value is -1.95. The fraction of sp³-hybridized carbons (Fsp3) is 0. The minimum absolute atomic E-state index is 0.176. The number of rotatable bonds is 2. The third kappa shape index (κ3) is 2.19. The van der Waals surface area contributed by atoms with Gasteiger partial charge < -0.3 is 19.2 Å². The first-order valence-corrected chi connectivity index (χ1v) is 6.86. The van der Waals surface area contributed by atoms with Crippen molar-refractivity contribution >= 4 is 24.1 Å². The summed E-state index contributed by atoms with van der Waals surface area (Å²) in [6.07, 6.45) is 0. The van der Waals surface area contributed by atoms with Gasteiger partial charge in [-0.2, -0.15) is 0 Å². The first kappa shape index (κ1) is 12.1. The van der Waals surface area contributed by atoms with Gasteiger partial charge in [0.1, 0.15) is 5.82 Å². The van der Waals surface area contributed by atoms with E-state index in [-0.39, 0.29) is 11.6 Å². The van der Waals surface area contributed by atoms with Gasteiger partial charge in [0.05, 0.1) is 11.0 Å². The number of hydrogen-bond acceptors (Lipinski definition) is 3. The van der Waals surface area contributed by atoms with Crippen molar-refractivity contribution in [3.63, 3.8) is 0 Å². The van der Waals surface area contributed by atoms with Gasteiger partial charge in [0.2, 0.25) is 5.50 Å². The van der Waals surface area contributed by atoms with E-state index in [4.69, 9.17) is 14.2 Å². The van der Waals surface area contributed by atoms with Gasteiger partial charge in [0.15, 0.2) is 11.6 Å². The lowest BCUT2D eigenvalue weighted by molar-refractivity contribution is 0.377. The number of furan rings is 1. The normalized spacial score (nSPS) is 12.2. The zero-order valence-electron chi connectivity index (χ0n) is 9.37. The van der Waals surface area contributed by atoms with Crippen LogP contribution in [0.25, 0.3) is 22.6 Å². The molecule has 0 saturated carbocycles. The third-order valence-electron chi connectivity index (χ3n) is 2.56. The average molecular weight is 282 g/mol. The van der Waals surface area contributed by atoms with E-state index in [0.29, 0.717) is 11.0 Å². The van der Waals surface area contributed by atoms with Crippen molar-refractivity contribution in [3.05, 3.63) is 36.1 Å². The predicted octanol–water partition coefficient (Wildman–Crippen LogP) is 1.76. The van der Waals surface area contributed by atoms with E-state index >= 15 is 0 Å². The maximum absolute atomic E-state index is 13.0. The van der Waals surface area contributed by atoms with Gasteiger partial charge in [-0.3, -0.25) is 4.57 Å². The quantitative estimate of drug-likeness (QED) is 0.622. The molecule has 8 heteroatoms. The Morgan fingerprint density at radius 1 is 1.26 bits per heavy atom. The van der Waals surface area contributed by atoms with Gasteiger partial charge in [-0.1, -0.05) is 0 Å². The number of H-pyrrole nitrogens is 1. The van der Waals surface area contributed by atoms with Crippen LogP contribution in [0.3, 0.4) is 0 Å². The van der Waals surface area contributed by atoms with Crippen LogP contribution in [-0.2, 0) is 4.57 Å². The Balaban J connectivity index is 2.09. The highest BCUT2D eigenvalue weighted by molar-refractivity contribution is 7.59. The largest absolute Gasteiger partial charge is 0.445 e. The number of hydrogen-bond donors (Lipinski definition) is 3. The summed E-state index contributed by atoms with van der Waals surface area (Å²) in [7, 11) is -4.43. The highest BCUT2D eigenvalue weighted by Crippen LogP contribution is 2.35. The highest BCUT2D eigenvalue weighted by atomic mass is 31.2. The molecule has 1 aromatic carbocycles. The molecule has 2 aromatic heterocycles. The van der Waals surface area contributed by atoms with E-state index in [9.17, 15) is 8.96 Å². The van der Waals surface area contributed by atoms with Crippen molar-refractivity contribution in [3.8, 4) is 11.6 Å². The second kappa shape index (κ2) is 4.03. The third-order valence-corrected chi connectivity index (χ3v) is 3.37. The summed E-state index contributed by atoms with van der Waals surface area (Å²) in [5.41, 5.74) is 0.573. The lowest BCUT2D eigenvalue weighted by Gasteiger charge is -1.97. The molecule has 0 amide bonds. The van der Waals surface area contributed by atoms with Crippen LogP contribution < -0.4 is 5.50 Å². The van der Waals surface area contributed by atoms with Crippen molar-refractivity contribution in [1.82, 2.24) is 9.97 Å². The number of aromatic nitrogens is 2. The lowest BCUT2D eigenvalue weighted by Crippen LogP contribution is -1.98. The maximum Gasteiger partial charge on any atom is 0.391 e. The molecule has 0 aliphatic rings. The fourth-order valence-electron chi connectivity index (χ4n) is 1.71. The van der Waals surface area contributed by atoms with Gasteiger partial charge in [0.25, 0.3) is 0 Å². The molecule has 98 valence electrons. The number of aromatic amines is 1. The van der Waals surface area contributed by atoms with Crippen molar-refractivity contribution in [2.45, 2.75) is 0 Å². The molecule has 0 spiro atoms. The number of fused-ring (bicyclic) bond motifs is 1. The summed E-state index contributed by atoms with van der Waals surface area (Å²) in [4.78, 5) is 24.9. The summed E-state index contributed by atoms with van der Waals surface area (Å²) in [5.74, 6) is 0.0493. The summed E-state index contributed by atoms with van der Waals surface area (Å²) in [6, 6.07) is 6.62. The number of imidazole rings is 1. The fourth-order valence-corrected chi connectivity index (χ4v) is 2.20. The number of halogens is 1. The van der Waals surface area contributed by atoms with Crippen molar-refractivity contribution in [2.24, 2.45) is 0 Å². The van der Waals surface area contributed by atoms with Crippen LogP contribution in [0, 0.1) is 5.82 Å². The van der Waals surface area contributed by atoms with Crippen LogP contribution in [0.5, 0.6) is 0 Å². The molecule has 3 N–H and O–H groups in total. The molecule has 6 nitrogen and oxygen atoms in total. The molecule has 2 heterocycles. The van der Waals surface area contributed by atoms with E-state index in [1.165, 1.54) is 30.3 Å². The summed E-state index contributed by atoms with van der Waals surface area (Å²) in [6.45, 7) is 0. The van der Waals surface area contributed by atoms with E-state index in [1.54, 1.807) is 0 Å². The maximum atomic E-state index is 13.0. The SMILES string of the molecule is O=P(O)(O)c1ccc(-c2nc3ccc(F)cc3[nH]2)o1. The van der Waals surface area contributed by atoms with Crippen LogP contribution in [0.2, 0.25) is 0 Å². The Kier molecular flexibility index (Phi) is 2.56. The molecule has 19 heavy (non-hydrogen) atoms. The Labute approximate surface area is 106 Å². The second-order valence-electron chi connectivity index (χ2n) is 3.93. The molecule has 0 unspecified atom stereocenters. The average Bonchev–Trinajstić information content (AvgIpc) is 2.92. The molecule has 3 rings (SSSR count). The van der Waals surface area contributed by atoms with E-state index in [0.717, 1.165) is 0 Å². The van der Waals surface area contributed by atoms with Gasteiger partial charge in [-0.25, -0.2) is 9.37 Å². The summed E-state index contributed by atoms with van der Waals surface area (Å²) >= 11 is 0. The van der Waals surface area contributed by atoms with E-state index in [2.05, 4.69) is 9.97 Å². The van der Waals surface area contributed by atoms with Crippen molar-refractivity contribution in [1.29, 1.82) is 0 Å². The van der Waals surface area contributed by atoms with Gasteiger partial charge in [0, 0.05) is 0 Å². The Morgan fingerprint density at radius 2 is 2.05 bits per heavy atom. The predicted molar refractivity (Wildman–Crippen MR) is 65.4 cm³/mol. The first-order valence-electron chi connectivity index (χ1n) is 5.25. The van der Waals surface area contributed by atoms with Crippen LogP contribution in [-0.4, -0.2) is 19.8 Å². The number of nitrogens with zero attached hydrogens (tertiary/aromatic N) is 1. The molecule has 0 bridgehead atoms. The van der Waals surface area contributed by atoms with E-state index < -0.39 is 18.9 Å². The monoisotopic (exact) mass is 282 g/mol. The molecule has 0 aliphatic carbocycles. The topological polar surface area (TPSA) is 99.4 Å².